The molecule has 1 heterocycles. The van der Waals surface area contributed by atoms with E-state index in [0.29, 0.717) is 6.04 Å². The van der Waals surface area contributed by atoms with Crippen LogP contribution in [0, 0.1) is 13.8 Å². The SMILES string of the molecule is C=C(C)CC.C=CC1CCCCN1CCCC.CNc1c(C)cccc1C. The van der Waals surface area contributed by atoms with Gasteiger partial charge in [-0.3, -0.25) is 4.90 Å². The second kappa shape index (κ2) is 15.5. The van der Waals surface area contributed by atoms with Crippen molar-refractivity contribution in [3.05, 3.63) is 54.1 Å². The van der Waals surface area contributed by atoms with E-state index in [4.69, 9.17) is 0 Å². The monoisotopic (exact) mass is 372 g/mol. The summed E-state index contributed by atoms with van der Waals surface area (Å²) in [6, 6.07) is 6.97. The molecule has 2 rings (SSSR count). The fourth-order valence-electron chi connectivity index (χ4n) is 3.13. The second-order valence-electron chi connectivity index (χ2n) is 7.52. The zero-order chi connectivity index (χ0) is 20.7. The molecule has 0 radical (unpaired) electrons. The lowest BCUT2D eigenvalue weighted by Crippen LogP contribution is -2.38. The van der Waals surface area contributed by atoms with E-state index in [-0.39, 0.29) is 0 Å². The van der Waals surface area contributed by atoms with E-state index in [0.717, 1.165) is 6.42 Å². The number of anilines is 1. The summed E-state index contributed by atoms with van der Waals surface area (Å²) >= 11 is 0. The molecule has 1 saturated heterocycles. The molecule has 1 unspecified atom stereocenters. The first kappa shape index (κ1) is 25.5. The molecule has 1 atom stereocenters. The molecule has 2 heteroatoms. The van der Waals surface area contributed by atoms with E-state index in [9.17, 15) is 0 Å². The molecule has 1 aliphatic heterocycles. The van der Waals surface area contributed by atoms with Crippen molar-refractivity contribution in [3.8, 4) is 0 Å². The van der Waals surface area contributed by atoms with Gasteiger partial charge >= 0.3 is 0 Å². The van der Waals surface area contributed by atoms with Gasteiger partial charge in [-0.25, -0.2) is 0 Å². The number of hydrogen-bond acceptors (Lipinski definition) is 2. The number of rotatable bonds is 6. The van der Waals surface area contributed by atoms with E-state index in [1.807, 2.05) is 14.0 Å². The van der Waals surface area contributed by atoms with Crippen molar-refractivity contribution in [2.75, 3.05) is 25.5 Å². The molecule has 0 aromatic heterocycles. The summed E-state index contributed by atoms with van der Waals surface area (Å²) < 4.78 is 0. The third kappa shape index (κ3) is 11.0. The van der Waals surface area contributed by atoms with Crippen molar-refractivity contribution in [2.24, 2.45) is 0 Å². The van der Waals surface area contributed by atoms with Crippen LogP contribution in [-0.4, -0.2) is 31.1 Å². The van der Waals surface area contributed by atoms with Crippen LogP contribution in [0.4, 0.5) is 5.69 Å². The minimum atomic E-state index is 0.672. The zero-order valence-corrected chi connectivity index (χ0v) is 18.9. The number of aryl methyl sites for hydroxylation is 2. The third-order valence-corrected chi connectivity index (χ3v) is 5.07. The molecule has 1 aromatic carbocycles. The highest BCUT2D eigenvalue weighted by Gasteiger charge is 2.18. The van der Waals surface area contributed by atoms with Crippen molar-refractivity contribution in [1.29, 1.82) is 0 Å². The van der Waals surface area contributed by atoms with Crippen molar-refractivity contribution < 1.29 is 0 Å². The lowest BCUT2D eigenvalue weighted by Gasteiger charge is -2.33. The first-order valence-corrected chi connectivity index (χ1v) is 10.7. The normalized spacial score (nSPS) is 16.3. The molecule has 1 N–H and O–H groups in total. The number of para-hydroxylation sites is 1. The molecule has 0 aliphatic carbocycles. The molecule has 27 heavy (non-hydrogen) atoms. The first-order valence-electron chi connectivity index (χ1n) is 10.7. The van der Waals surface area contributed by atoms with Gasteiger partial charge < -0.3 is 5.32 Å². The van der Waals surface area contributed by atoms with Crippen LogP contribution in [0.5, 0.6) is 0 Å². The third-order valence-electron chi connectivity index (χ3n) is 5.07. The minimum absolute atomic E-state index is 0.672. The smallest absolute Gasteiger partial charge is 0.0396 e. The standard InChI is InChI=1S/C11H21N.C9H13N.C5H10/c1-3-5-9-12-10-7-6-8-11(12)4-2;1-7-5-4-6-8(2)9(7)10-3;1-4-5(2)3/h4,11H,2-3,5-10H2,1H3;4-6,10H,1-3H3;2,4H2,1,3H3. The van der Waals surface area contributed by atoms with Crippen LogP contribution in [0.25, 0.3) is 0 Å². The van der Waals surface area contributed by atoms with Gasteiger partial charge in [-0.15, -0.1) is 13.2 Å². The van der Waals surface area contributed by atoms with Gasteiger partial charge in [0.15, 0.2) is 0 Å². The summed E-state index contributed by atoms with van der Waals surface area (Å²) in [6.07, 6.45) is 9.97. The summed E-state index contributed by atoms with van der Waals surface area (Å²) in [6.45, 7) is 20.7. The van der Waals surface area contributed by atoms with Crippen LogP contribution < -0.4 is 5.32 Å². The zero-order valence-electron chi connectivity index (χ0n) is 18.9. The summed E-state index contributed by atoms with van der Waals surface area (Å²) in [7, 11) is 1.95. The van der Waals surface area contributed by atoms with Crippen LogP contribution in [0.1, 0.15) is 70.4 Å². The first-order chi connectivity index (χ1) is 12.9. The molecule has 0 saturated carbocycles. The number of nitrogens with zero attached hydrogens (tertiary/aromatic N) is 1. The summed E-state index contributed by atoms with van der Waals surface area (Å²) in [5, 5.41) is 3.16. The van der Waals surface area contributed by atoms with Gasteiger partial charge in [0.25, 0.3) is 0 Å². The average molecular weight is 373 g/mol. The number of unbranched alkanes of at least 4 members (excludes halogenated alkanes) is 1. The fourth-order valence-corrected chi connectivity index (χ4v) is 3.13. The maximum atomic E-state index is 3.90. The Kier molecular flexibility index (Phi) is 14.6. The van der Waals surface area contributed by atoms with Crippen molar-refractivity contribution in [1.82, 2.24) is 4.90 Å². The molecular formula is C25H44N2. The van der Waals surface area contributed by atoms with Crippen LogP contribution >= 0.6 is 0 Å². The van der Waals surface area contributed by atoms with Crippen molar-refractivity contribution in [3.63, 3.8) is 0 Å². The molecule has 1 fully saturated rings. The number of likely N-dealkylation sites (tertiary alicyclic amines) is 1. The summed E-state index contributed by atoms with van der Waals surface area (Å²) in [5.41, 5.74) is 5.12. The maximum absolute atomic E-state index is 3.90. The quantitative estimate of drug-likeness (QED) is 0.534. The van der Waals surface area contributed by atoms with E-state index in [2.05, 4.69) is 75.3 Å². The van der Waals surface area contributed by atoms with Crippen LogP contribution in [0.2, 0.25) is 0 Å². The Labute approximate surface area is 169 Å². The lowest BCUT2D eigenvalue weighted by atomic mass is 10.0. The largest absolute Gasteiger partial charge is 0.388 e. The second-order valence-corrected chi connectivity index (χ2v) is 7.52. The molecule has 0 spiro atoms. The molecular weight excluding hydrogens is 328 g/mol. The van der Waals surface area contributed by atoms with E-state index in [1.54, 1.807) is 0 Å². The molecule has 0 amide bonds. The average Bonchev–Trinajstić information content (AvgIpc) is 2.67. The molecule has 1 aromatic rings. The van der Waals surface area contributed by atoms with Gasteiger partial charge in [-0.1, -0.05) is 56.5 Å². The topological polar surface area (TPSA) is 15.3 Å². The highest BCUT2D eigenvalue weighted by atomic mass is 15.2. The number of hydrogen-bond donors (Lipinski definition) is 1. The van der Waals surface area contributed by atoms with Crippen LogP contribution in [-0.2, 0) is 0 Å². The van der Waals surface area contributed by atoms with E-state index < -0.39 is 0 Å². The van der Waals surface area contributed by atoms with Crippen LogP contribution in [0.15, 0.2) is 43.0 Å². The Balaban J connectivity index is 0.000000408. The Hall–Kier alpha value is -1.54. The Bertz CT molecular complexity index is 513. The van der Waals surface area contributed by atoms with Gasteiger partial charge in [0.05, 0.1) is 0 Å². The maximum Gasteiger partial charge on any atom is 0.0396 e. The van der Waals surface area contributed by atoms with E-state index in [1.165, 1.54) is 67.6 Å². The molecule has 1 aliphatic rings. The van der Waals surface area contributed by atoms with Gasteiger partial charge in [-0.2, -0.15) is 0 Å². The number of nitrogens with one attached hydrogen (secondary N) is 1. The predicted molar refractivity (Wildman–Crippen MR) is 125 cm³/mol. The van der Waals surface area contributed by atoms with Gasteiger partial charge in [-0.05, 0) is 70.7 Å². The van der Waals surface area contributed by atoms with Crippen LogP contribution in [0.3, 0.4) is 0 Å². The highest BCUT2D eigenvalue weighted by Crippen LogP contribution is 2.18. The molecule has 0 bridgehead atoms. The molecule has 154 valence electrons. The lowest BCUT2D eigenvalue weighted by molar-refractivity contribution is 0.178. The van der Waals surface area contributed by atoms with E-state index >= 15 is 0 Å². The van der Waals surface area contributed by atoms with Gasteiger partial charge in [0.2, 0.25) is 0 Å². The van der Waals surface area contributed by atoms with Gasteiger partial charge in [0.1, 0.15) is 0 Å². The fraction of sp³-hybridized carbons (Fsp3) is 0.600. The summed E-state index contributed by atoms with van der Waals surface area (Å²) in [5.74, 6) is 0. The predicted octanol–water partition coefficient (Wildman–Crippen LogP) is 7.14. The van der Waals surface area contributed by atoms with Crippen molar-refractivity contribution in [2.45, 2.75) is 79.2 Å². The Morgan fingerprint density at radius 1 is 1.22 bits per heavy atom. The minimum Gasteiger partial charge on any atom is -0.388 e. The Morgan fingerprint density at radius 2 is 1.81 bits per heavy atom. The van der Waals surface area contributed by atoms with Gasteiger partial charge in [0, 0.05) is 18.8 Å². The summed E-state index contributed by atoms with van der Waals surface area (Å²) in [4.78, 5) is 2.58. The molecule has 2 nitrogen and oxygen atoms in total. The Morgan fingerprint density at radius 3 is 2.22 bits per heavy atom. The number of piperidine rings is 1. The number of allylic oxidation sites excluding steroid dienone is 1. The highest BCUT2D eigenvalue weighted by molar-refractivity contribution is 5.55. The number of benzene rings is 1. The van der Waals surface area contributed by atoms with Crippen molar-refractivity contribution >= 4 is 5.69 Å².